The van der Waals surface area contributed by atoms with Crippen LogP contribution in [-0.4, -0.2) is 9.38 Å². The Balaban J connectivity index is 1.92. The Kier molecular flexibility index (Phi) is 3.71. The van der Waals surface area contributed by atoms with E-state index in [2.05, 4.69) is 72.2 Å². The van der Waals surface area contributed by atoms with Gasteiger partial charge in [-0.1, -0.05) is 59.7 Å². The first kappa shape index (κ1) is 15.1. The highest BCUT2D eigenvalue weighted by Gasteiger charge is 2.17. The van der Waals surface area contributed by atoms with Crippen molar-refractivity contribution in [2.45, 2.75) is 20.4 Å². The number of aryl methyl sites for hydroxylation is 2. The standard InChI is InChI=1S/C20H19N3S/c1-13-3-7-15(8-4-13)18-12-24-20-22-19(17(11-21)23(18)20)16-9-5-14(2)6-10-16/h3-10,12H,11,21H2,1-2H3. The van der Waals surface area contributed by atoms with Crippen molar-refractivity contribution in [1.82, 2.24) is 9.38 Å². The molecule has 24 heavy (non-hydrogen) atoms. The molecule has 0 amide bonds. The van der Waals surface area contributed by atoms with E-state index in [4.69, 9.17) is 10.7 Å². The fourth-order valence-electron chi connectivity index (χ4n) is 2.97. The van der Waals surface area contributed by atoms with Crippen molar-refractivity contribution in [3.63, 3.8) is 0 Å². The van der Waals surface area contributed by atoms with Gasteiger partial charge in [-0.15, -0.1) is 11.3 Å². The van der Waals surface area contributed by atoms with Crippen LogP contribution in [0.15, 0.2) is 53.9 Å². The molecule has 3 nitrogen and oxygen atoms in total. The molecule has 0 saturated heterocycles. The van der Waals surface area contributed by atoms with E-state index >= 15 is 0 Å². The van der Waals surface area contributed by atoms with E-state index in [0.717, 1.165) is 27.6 Å². The van der Waals surface area contributed by atoms with Gasteiger partial charge in [0.15, 0.2) is 4.96 Å². The zero-order chi connectivity index (χ0) is 16.7. The monoisotopic (exact) mass is 333 g/mol. The average Bonchev–Trinajstić information content (AvgIpc) is 3.15. The summed E-state index contributed by atoms with van der Waals surface area (Å²) in [5.74, 6) is 0. The molecule has 2 heterocycles. The van der Waals surface area contributed by atoms with Crippen LogP contribution in [0.25, 0.3) is 27.5 Å². The van der Waals surface area contributed by atoms with E-state index in [9.17, 15) is 0 Å². The molecule has 4 heteroatoms. The molecule has 0 spiro atoms. The SMILES string of the molecule is Cc1ccc(-c2nc3scc(-c4ccc(C)cc4)n3c2CN)cc1. The number of thiazole rings is 1. The summed E-state index contributed by atoms with van der Waals surface area (Å²) in [4.78, 5) is 5.84. The molecule has 0 aliphatic rings. The molecule has 0 fully saturated rings. The first-order valence-corrected chi connectivity index (χ1v) is 8.88. The van der Waals surface area contributed by atoms with Gasteiger partial charge in [-0.25, -0.2) is 4.98 Å². The van der Waals surface area contributed by atoms with Gasteiger partial charge in [0.05, 0.1) is 17.1 Å². The van der Waals surface area contributed by atoms with Gasteiger partial charge in [-0.3, -0.25) is 4.40 Å². The Hall–Kier alpha value is -2.43. The van der Waals surface area contributed by atoms with E-state index in [1.807, 2.05) is 0 Å². The van der Waals surface area contributed by atoms with Crippen molar-refractivity contribution in [3.05, 3.63) is 70.7 Å². The summed E-state index contributed by atoms with van der Waals surface area (Å²) in [5, 5.41) is 2.16. The molecule has 0 aliphatic heterocycles. The lowest BCUT2D eigenvalue weighted by Gasteiger charge is -2.06. The van der Waals surface area contributed by atoms with Gasteiger partial charge in [0.25, 0.3) is 0 Å². The first-order valence-electron chi connectivity index (χ1n) is 8.00. The number of nitrogens with two attached hydrogens (primary N) is 1. The zero-order valence-electron chi connectivity index (χ0n) is 13.8. The molecule has 2 aromatic heterocycles. The number of fused-ring (bicyclic) bond motifs is 1. The van der Waals surface area contributed by atoms with E-state index in [1.54, 1.807) is 11.3 Å². The van der Waals surface area contributed by atoms with Crippen LogP contribution in [0.5, 0.6) is 0 Å². The third-order valence-electron chi connectivity index (χ3n) is 4.32. The first-order chi connectivity index (χ1) is 11.7. The van der Waals surface area contributed by atoms with Crippen LogP contribution in [0.1, 0.15) is 16.8 Å². The summed E-state index contributed by atoms with van der Waals surface area (Å²) in [5.41, 5.74) is 14.1. The lowest BCUT2D eigenvalue weighted by atomic mass is 10.1. The number of imidazole rings is 1. The summed E-state index contributed by atoms with van der Waals surface area (Å²) >= 11 is 1.66. The Morgan fingerprint density at radius 1 is 0.917 bits per heavy atom. The molecule has 4 rings (SSSR count). The van der Waals surface area contributed by atoms with Crippen LogP contribution in [0.4, 0.5) is 0 Å². The van der Waals surface area contributed by atoms with Gasteiger partial charge in [0.2, 0.25) is 0 Å². The molecule has 2 N–H and O–H groups in total. The molecule has 0 bridgehead atoms. The normalized spacial score (nSPS) is 11.3. The Bertz CT molecular complexity index is 992. The maximum Gasteiger partial charge on any atom is 0.195 e. The number of aromatic nitrogens is 2. The largest absolute Gasteiger partial charge is 0.325 e. The molecular formula is C20H19N3S. The van der Waals surface area contributed by atoms with E-state index < -0.39 is 0 Å². The summed E-state index contributed by atoms with van der Waals surface area (Å²) in [6, 6.07) is 17.1. The second-order valence-electron chi connectivity index (χ2n) is 6.08. The van der Waals surface area contributed by atoms with Crippen molar-refractivity contribution in [2.75, 3.05) is 0 Å². The average molecular weight is 333 g/mol. The molecular weight excluding hydrogens is 314 g/mol. The van der Waals surface area contributed by atoms with E-state index in [1.165, 1.54) is 16.7 Å². The van der Waals surface area contributed by atoms with Gasteiger partial charge in [-0.2, -0.15) is 0 Å². The molecule has 0 saturated carbocycles. The second-order valence-corrected chi connectivity index (χ2v) is 6.92. The van der Waals surface area contributed by atoms with E-state index in [-0.39, 0.29) is 0 Å². The molecule has 0 unspecified atom stereocenters. The number of hydrogen-bond donors (Lipinski definition) is 1. The predicted octanol–water partition coefficient (Wildman–Crippen LogP) is 4.81. The molecule has 0 aliphatic carbocycles. The lowest BCUT2D eigenvalue weighted by Crippen LogP contribution is -2.03. The molecule has 0 radical (unpaired) electrons. The van der Waals surface area contributed by atoms with Crippen LogP contribution in [0.3, 0.4) is 0 Å². The van der Waals surface area contributed by atoms with Crippen LogP contribution >= 0.6 is 11.3 Å². The lowest BCUT2D eigenvalue weighted by molar-refractivity contribution is 0.973. The Labute approximate surface area is 145 Å². The third-order valence-corrected chi connectivity index (χ3v) is 5.15. The fourth-order valence-corrected chi connectivity index (χ4v) is 3.89. The smallest absolute Gasteiger partial charge is 0.195 e. The second kappa shape index (κ2) is 5.89. The summed E-state index contributed by atoms with van der Waals surface area (Å²) < 4.78 is 2.20. The van der Waals surface area contributed by atoms with Gasteiger partial charge in [0, 0.05) is 17.5 Å². The number of benzene rings is 2. The van der Waals surface area contributed by atoms with Gasteiger partial charge in [-0.05, 0) is 19.4 Å². The van der Waals surface area contributed by atoms with Crippen LogP contribution in [-0.2, 0) is 6.54 Å². The molecule has 2 aromatic carbocycles. The zero-order valence-corrected chi connectivity index (χ0v) is 14.6. The fraction of sp³-hybridized carbons (Fsp3) is 0.150. The molecule has 120 valence electrons. The number of hydrogen-bond acceptors (Lipinski definition) is 3. The predicted molar refractivity (Wildman–Crippen MR) is 101 cm³/mol. The number of rotatable bonds is 3. The maximum absolute atomic E-state index is 6.10. The van der Waals surface area contributed by atoms with Crippen molar-refractivity contribution in [3.8, 4) is 22.5 Å². The van der Waals surface area contributed by atoms with Crippen molar-refractivity contribution >= 4 is 16.3 Å². The van der Waals surface area contributed by atoms with Gasteiger partial charge in [0.1, 0.15) is 0 Å². The minimum absolute atomic E-state index is 0.458. The minimum Gasteiger partial charge on any atom is -0.325 e. The van der Waals surface area contributed by atoms with Crippen LogP contribution in [0, 0.1) is 13.8 Å². The quantitative estimate of drug-likeness (QED) is 0.585. The Morgan fingerprint density at radius 3 is 2.08 bits per heavy atom. The van der Waals surface area contributed by atoms with Crippen molar-refractivity contribution < 1.29 is 0 Å². The van der Waals surface area contributed by atoms with E-state index in [0.29, 0.717) is 6.54 Å². The molecule has 4 aromatic rings. The highest BCUT2D eigenvalue weighted by molar-refractivity contribution is 7.15. The van der Waals surface area contributed by atoms with Gasteiger partial charge >= 0.3 is 0 Å². The Morgan fingerprint density at radius 2 is 1.50 bits per heavy atom. The highest BCUT2D eigenvalue weighted by atomic mass is 32.1. The summed E-state index contributed by atoms with van der Waals surface area (Å²) in [6.45, 7) is 4.65. The summed E-state index contributed by atoms with van der Waals surface area (Å²) in [6.07, 6.45) is 0. The van der Waals surface area contributed by atoms with Crippen LogP contribution in [0.2, 0.25) is 0 Å². The van der Waals surface area contributed by atoms with Crippen LogP contribution < -0.4 is 5.73 Å². The number of nitrogens with zero attached hydrogens (tertiary/aromatic N) is 2. The summed E-state index contributed by atoms with van der Waals surface area (Å²) in [7, 11) is 0. The third kappa shape index (κ3) is 2.44. The molecule has 0 atom stereocenters. The van der Waals surface area contributed by atoms with Gasteiger partial charge < -0.3 is 5.73 Å². The van der Waals surface area contributed by atoms with Crippen molar-refractivity contribution in [1.29, 1.82) is 0 Å². The maximum atomic E-state index is 6.10. The van der Waals surface area contributed by atoms with Crippen molar-refractivity contribution in [2.24, 2.45) is 5.73 Å². The highest BCUT2D eigenvalue weighted by Crippen LogP contribution is 2.33. The minimum atomic E-state index is 0.458. The topological polar surface area (TPSA) is 43.3 Å².